The third-order valence-electron chi connectivity index (χ3n) is 17.2. The highest BCUT2D eigenvalue weighted by molar-refractivity contribution is 5.88. The SMILES string of the molecule is CCCCCCCCc1ccc(C#Cc2c3nc(c(C#Cc4ccc(CCCCCCCC)cc4)c4ccc([nH]4)c(C#Cc4ccc(CCCCCCCC)cc4)c4ccc([nH]4)c(C#Cc4ccc(CCCCCCCC)cc4)c4nc2C=C4)C=C3)cc1. The second-order valence-corrected chi connectivity index (χ2v) is 24.4. The lowest BCUT2D eigenvalue weighted by molar-refractivity contribution is 0.607. The number of aromatic nitrogens is 4. The van der Waals surface area contributed by atoms with Crippen molar-refractivity contribution in [2.24, 2.45) is 0 Å². The van der Waals surface area contributed by atoms with Crippen molar-refractivity contribution in [3.05, 3.63) is 211 Å². The van der Waals surface area contributed by atoms with E-state index in [1.807, 2.05) is 0 Å². The van der Waals surface area contributed by atoms with Crippen molar-refractivity contribution in [1.82, 2.24) is 19.9 Å². The zero-order valence-electron chi connectivity index (χ0n) is 53.5. The first-order chi connectivity index (χ1) is 43.5. The summed E-state index contributed by atoms with van der Waals surface area (Å²) in [5.41, 5.74) is 18.8. The molecule has 0 radical (unpaired) electrons. The molecule has 0 aliphatic carbocycles. The first kappa shape index (κ1) is 64.2. The number of nitrogens with zero attached hydrogens (tertiary/aromatic N) is 2. The van der Waals surface area contributed by atoms with Gasteiger partial charge in [-0.1, -0.05) is 252 Å². The maximum atomic E-state index is 5.41. The standard InChI is InChI=1S/C84H94N4/c1-5-9-13-17-21-25-29-65-33-41-69(42-34-65)49-53-73-77-57-59-79(85-77)74(54-50-70-43-35-66(36-44-70)30-26-22-18-14-10-6-2)81-61-63-83(87-81)76(56-52-72-47-39-68(40-48-72)32-28-24-20-16-12-8-4)84-64-62-82(88-84)75(80-60-58-78(73)86-80)55-51-71-45-37-67(38-46-71)31-27-23-19-15-11-7-3/h33-48,57-64,85-86H,5-32H2,1-4H3. The van der Waals surface area contributed by atoms with E-state index in [0.717, 1.165) is 115 Å². The van der Waals surface area contributed by atoms with Crippen LogP contribution in [0.1, 0.15) is 271 Å². The molecule has 8 bridgehead atoms. The van der Waals surface area contributed by atoms with Crippen LogP contribution in [-0.2, 0) is 25.7 Å². The van der Waals surface area contributed by atoms with Gasteiger partial charge in [0.1, 0.15) is 0 Å². The van der Waals surface area contributed by atoms with Gasteiger partial charge in [-0.3, -0.25) is 0 Å². The molecule has 2 aliphatic heterocycles. The second kappa shape index (κ2) is 35.5. The largest absolute Gasteiger partial charge is 0.353 e. The van der Waals surface area contributed by atoms with Crippen LogP contribution in [0.5, 0.6) is 0 Å². The fourth-order valence-corrected chi connectivity index (χ4v) is 11.7. The van der Waals surface area contributed by atoms with Crippen LogP contribution in [0.2, 0.25) is 0 Å². The molecule has 9 rings (SSSR count). The molecule has 2 N–H and O–H groups in total. The number of fused-ring (bicyclic) bond motifs is 8. The van der Waals surface area contributed by atoms with E-state index in [-0.39, 0.29) is 0 Å². The molecule has 0 saturated heterocycles. The Kier molecular flexibility index (Phi) is 25.9. The number of hydrogen-bond donors (Lipinski definition) is 2. The van der Waals surface area contributed by atoms with Gasteiger partial charge in [0, 0.05) is 22.3 Å². The number of H-pyrrole nitrogens is 2. The average Bonchev–Trinajstić information content (AvgIpc) is 4.26. The minimum Gasteiger partial charge on any atom is -0.353 e. The highest BCUT2D eigenvalue weighted by atomic mass is 14.8. The van der Waals surface area contributed by atoms with Gasteiger partial charge in [0.25, 0.3) is 0 Å². The lowest BCUT2D eigenvalue weighted by Gasteiger charge is -2.02. The normalized spacial score (nSPS) is 11.3. The van der Waals surface area contributed by atoms with Crippen LogP contribution < -0.4 is 0 Å². The molecule has 0 saturated carbocycles. The van der Waals surface area contributed by atoms with Gasteiger partial charge in [-0.05, 0) is 171 Å². The first-order valence-corrected chi connectivity index (χ1v) is 34.1. The van der Waals surface area contributed by atoms with E-state index in [4.69, 9.17) is 9.97 Å². The van der Waals surface area contributed by atoms with Crippen molar-refractivity contribution < 1.29 is 0 Å². The molecule has 0 atom stereocenters. The molecule has 88 heavy (non-hydrogen) atoms. The molecule has 0 fully saturated rings. The summed E-state index contributed by atoms with van der Waals surface area (Å²) >= 11 is 0. The van der Waals surface area contributed by atoms with Gasteiger partial charge in [-0.15, -0.1) is 0 Å². The summed E-state index contributed by atoms with van der Waals surface area (Å²) in [7, 11) is 0. The average molecular weight is 1160 g/mol. The molecule has 0 unspecified atom stereocenters. The highest BCUT2D eigenvalue weighted by Gasteiger charge is 2.16. The summed E-state index contributed by atoms with van der Waals surface area (Å²) in [4.78, 5) is 18.5. The Bertz CT molecular complexity index is 3670. The van der Waals surface area contributed by atoms with Crippen molar-refractivity contribution in [3.63, 3.8) is 0 Å². The van der Waals surface area contributed by atoms with Crippen LogP contribution in [0.3, 0.4) is 0 Å². The third-order valence-corrected chi connectivity index (χ3v) is 17.2. The van der Waals surface area contributed by atoms with Gasteiger partial charge in [-0.25, -0.2) is 9.97 Å². The molecule has 4 heteroatoms. The summed E-state index contributed by atoms with van der Waals surface area (Å²) in [6, 6.07) is 43.7. The minimum atomic E-state index is 0.732. The highest BCUT2D eigenvalue weighted by Crippen LogP contribution is 2.28. The molecule has 450 valence electrons. The summed E-state index contributed by atoms with van der Waals surface area (Å²) in [6.45, 7) is 9.11. The van der Waals surface area contributed by atoms with Crippen molar-refractivity contribution in [2.45, 2.75) is 207 Å². The number of benzene rings is 4. The molecular weight excluding hydrogens is 1060 g/mol. The van der Waals surface area contributed by atoms with E-state index in [0.29, 0.717) is 0 Å². The van der Waals surface area contributed by atoms with Crippen LogP contribution in [-0.4, -0.2) is 19.9 Å². The fourth-order valence-electron chi connectivity index (χ4n) is 11.7. The fraction of sp³-hybridized carbons (Fsp3) is 0.381. The summed E-state index contributed by atoms with van der Waals surface area (Å²) in [6.07, 6.45) is 43.5. The van der Waals surface area contributed by atoms with Crippen LogP contribution in [0.4, 0.5) is 0 Å². The number of nitrogens with one attached hydrogen (secondary N) is 2. The van der Waals surface area contributed by atoms with E-state index in [1.165, 1.54) is 176 Å². The molecule has 2 aliphatic rings. The van der Waals surface area contributed by atoms with Gasteiger partial charge in [0.05, 0.1) is 67.1 Å². The van der Waals surface area contributed by atoms with Crippen molar-refractivity contribution in [1.29, 1.82) is 0 Å². The number of rotatable bonds is 28. The Morgan fingerprint density at radius 1 is 0.239 bits per heavy atom. The first-order valence-electron chi connectivity index (χ1n) is 34.1. The lowest BCUT2D eigenvalue weighted by Crippen LogP contribution is -1.91. The number of hydrogen-bond acceptors (Lipinski definition) is 2. The van der Waals surface area contributed by atoms with Gasteiger partial charge in [0.15, 0.2) is 0 Å². The molecule has 0 spiro atoms. The van der Waals surface area contributed by atoms with Gasteiger partial charge in [0.2, 0.25) is 0 Å². The summed E-state index contributed by atoms with van der Waals surface area (Å²) < 4.78 is 0. The molecule has 3 aromatic heterocycles. The zero-order valence-corrected chi connectivity index (χ0v) is 53.5. The van der Waals surface area contributed by atoms with E-state index in [1.54, 1.807) is 0 Å². The lowest BCUT2D eigenvalue weighted by atomic mass is 10.0. The quantitative estimate of drug-likeness (QED) is 0.0379. The van der Waals surface area contributed by atoms with Crippen LogP contribution in [0.25, 0.3) is 46.4 Å². The Morgan fingerprint density at radius 2 is 0.466 bits per heavy atom. The Morgan fingerprint density at radius 3 is 0.750 bits per heavy atom. The summed E-state index contributed by atoms with van der Waals surface area (Å²) in [5.74, 6) is 28.7. The maximum Gasteiger partial charge on any atom is 0.0816 e. The Hall–Kier alpha value is -8.28. The van der Waals surface area contributed by atoms with E-state index >= 15 is 0 Å². The Labute approximate surface area is 529 Å². The minimum absolute atomic E-state index is 0.732. The third kappa shape index (κ3) is 19.9. The second-order valence-electron chi connectivity index (χ2n) is 24.4. The van der Waals surface area contributed by atoms with E-state index in [9.17, 15) is 0 Å². The van der Waals surface area contributed by atoms with Crippen molar-refractivity contribution >= 4 is 46.4 Å². The molecule has 5 heterocycles. The number of unbranched alkanes of at least 4 members (excludes halogenated alkanes) is 20. The molecule has 4 nitrogen and oxygen atoms in total. The van der Waals surface area contributed by atoms with Crippen LogP contribution in [0.15, 0.2) is 121 Å². The molecular formula is C84H94N4. The van der Waals surface area contributed by atoms with E-state index in [2.05, 4.69) is 231 Å². The monoisotopic (exact) mass is 1160 g/mol. The van der Waals surface area contributed by atoms with Crippen LogP contribution in [0, 0.1) is 47.4 Å². The topological polar surface area (TPSA) is 57.4 Å². The van der Waals surface area contributed by atoms with Gasteiger partial charge >= 0.3 is 0 Å². The zero-order chi connectivity index (χ0) is 60.8. The van der Waals surface area contributed by atoms with Gasteiger partial charge < -0.3 is 9.97 Å². The van der Waals surface area contributed by atoms with Crippen molar-refractivity contribution in [2.75, 3.05) is 0 Å². The van der Waals surface area contributed by atoms with Crippen molar-refractivity contribution in [3.8, 4) is 47.4 Å². The molecule has 0 amide bonds. The maximum absolute atomic E-state index is 5.41. The van der Waals surface area contributed by atoms with Gasteiger partial charge in [-0.2, -0.15) is 0 Å². The van der Waals surface area contributed by atoms with Crippen LogP contribution >= 0.6 is 0 Å². The number of aryl methyl sites for hydroxylation is 4. The smallest absolute Gasteiger partial charge is 0.0816 e. The Balaban J connectivity index is 1.15. The molecule has 4 aromatic carbocycles. The van der Waals surface area contributed by atoms with E-state index < -0.39 is 0 Å². The predicted molar refractivity (Wildman–Crippen MR) is 377 cm³/mol. The number of aromatic amines is 2. The predicted octanol–water partition coefficient (Wildman–Crippen LogP) is 21.9. The molecule has 7 aromatic rings. The summed E-state index contributed by atoms with van der Waals surface area (Å²) in [5, 5.41) is 0.